The maximum absolute atomic E-state index is 14.1. The molecule has 1 atom stereocenters. The molecular formula is C13H17F2NO4S. The zero-order valence-corrected chi connectivity index (χ0v) is 12.7. The third-order valence-electron chi connectivity index (χ3n) is 3.25. The van der Waals surface area contributed by atoms with Crippen LogP contribution in [0.2, 0.25) is 0 Å². The van der Waals surface area contributed by atoms with Gasteiger partial charge in [0.2, 0.25) is 10.0 Å². The summed E-state index contributed by atoms with van der Waals surface area (Å²) >= 11 is 0. The van der Waals surface area contributed by atoms with Crippen molar-refractivity contribution in [3.8, 4) is 0 Å². The van der Waals surface area contributed by atoms with Crippen molar-refractivity contribution >= 4 is 16.0 Å². The molecule has 21 heavy (non-hydrogen) atoms. The van der Waals surface area contributed by atoms with Crippen LogP contribution in [-0.4, -0.2) is 36.9 Å². The average molecular weight is 321 g/mol. The zero-order valence-electron chi connectivity index (χ0n) is 11.9. The molecule has 8 heteroatoms. The molecule has 1 aromatic rings. The number of carboxylic acids is 1. The molecule has 0 aliphatic heterocycles. The first-order valence-corrected chi connectivity index (χ1v) is 7.77. The van der Waals surface area contributed by atoms with Crippen LogP contribution in [0, 0.1) is 11.6 Å². The van der Waals surface area contributed by atoms with E-state index < -0.39 is 44.1 Å². The number of aromatic carboxylic acids is 1. The van der Waals surface area contributed by atoms with E-state index in [2.05, 4.69) is 0 Å². The molecule has 118 valence electrons. The summed E-state index contributed by atoms with van der Waals surface area (Å²) in [5.74, 6) is -4.76. The van der Waals surface area contributed by atoms with Crippen LogP contribution >= 0.6 is 0 Å². The van der Waals surface area contributed by atoms with Crippen molar-refractivity contribution in [3.05, 3.63) is 29.3 Å². The summed E-state index contributed by atoms with van der Waals surface area (Å²) in [6.07, 6.45) is 1.29. The van der Waals surface area contributed by atoms with Gasteiger partial charge in [-0.2, -0.15) is 4.31 Å². The zero-order chi connectivity index (χ0) is 16.4. The van der Waals surface area contributed by atoms with Gasteiger partial charge >= 0.3 is 5.97 Å². The normalized spacial score (nSPS) is 13.4. The maximum Gasteiger partial charge on any atom is 0.341 e. The number of carboxylic acid groups (broad SMARTS) is 1. The van der Waals surface area contributed by atoms with Gasteiger partial charge < -0.3 is 5.11 Å². The summed E-state index contributed by atoms with van der Waals surface area (Å²) in [5.41, 5.74) is -1.27. The summed E-state index contributed by atoms with van der Waals surface area (Å²) in [6.45, 7) is 3.53. The number of nitrogens with zero attached hydrogens (tertiary/aromatic N) is 1. The van der Waals surface area contributed by atoms with E-state index in [0.717, 1.165) is 16.8 Å². The van der Waals surface area contributed by atoms with E-state index in [-0.39, 0.29) is 0 Å². The van der Waals surface area contributed by atoms with Crippen LogP contribution < -0.4 is 0 Å². The molecule has 0 heterocycles. The van der Waals surface area contributed by atoms with Gasteiger partial charge in [-0.15, -0.1) is 0 Å². The molecule has 5 nitrogen and oxygen atoms in total. The van der Waals surface area contributed by atoms with Crippen LogP contribution in [0.4, 0.5) is 8.78 Å². The highest BCUT2D eigenvalue weighted by atomic mass is 32.2. The van der Waals surface area contributed by atoms with Crippen molar-refractivity contribution in [3.63, 3.8) is 0 Å². The van der Waals surface area contributed by atoms with E-state index in [0.29, 0.717) is 12.5 Å². The van der Waals surface area contributed by atoms with Crippen LogP contribution in [0.1, 0.15) is 37.0 Å². The highest BCUT2D eigenvalue weighted by molar-refractivity contribution is 7.89. The van der Waals surface area contributed by atoms with Crippen LogP contribution in [0.3, 0.4) is 0 Å². The lowest BCUT2D eigenvalue weighted by molar-refractivity contribution is 0.0685. The maximum atomic E-state index is 14.1. The first-order chi connectivity index (χ1) is 9.64. The van der Waals surface area contributed by atoms with Crippen LogP contribution in [-0.2, 0) is 10.0 Å². The quantitative estimate of drug-likeness (QED) is 0.873. The van der Waals surface area contributed by atoms with Gasteiger partial charge in [0.1, 0.15) is 16.3 Å². The standard InChI is InChI=1S/C13H17F2NO4S/c1-4-5-8(2)16(3)21(19,20)10-7-6-9(14)11(12(10)15)13(17)18/h6-8H,4-5H2,1-3H3,(H,17,18). The molecule has 1 unspecified atom stereocenters. The van der Waals surface area contributed by atoms with Crippen LogP contribution in [0.15, 0.2) is 17.0 Å². The van der Waals surface area contributed by atoms with Crippen LogP contribution in [0.5, 0.6) is 0 Å². The van der Waals surface area contributed by atoms with E-state index in [1.807, 2.05) is 6.92 Å². The van der Waals surface area contributed by atoms with Gasteiger partial charge in [-0.3, -0.25) is 0 Å². The van der Waals surface area contributed by atoms with E-state index >= 15 is 0 Å². The summed E-state index contributed by atoms with van der Waals surface area (Å²) < 4.78 is 53.0. The average Bonchev–Trinajstić information content (AvgIpc) is 2.37. The second-order valence-electron chi connectivity index (χ2n) is 4.70. The molecule has 0 bridgehead atoms. The minimum Gasteiger partial charge on any atom is -0.477 e. The van der Waals surface area contributed by atoms with Gasteiger partial charge in [-0.25, -0.2) is 22.0 Å². The molecule has 0 aromatic heterocycles. The van der Waals surface area contributed by atoms with Crippen molar-refractivity contribution in [1.82, 2.24) is 4.31 Å². The highest BCUT2D eigenvalue weighted by Crippen LogP contribution is 2.25. The minimum absolute atomic E-state index is 0.391. The van der Waals surface area contributed by atoms with Crippen LogP contribution in [0.25, 0.3) is 0 Å². The lowest BCUT2D eigenvalue weighted by Crippen LogP contribution is -2.35. The summed E-state index contributed by atoms with van der Waals surface area (Å²) in [5, 5.41) is 8.78. The highest BCUT2D eigenvalue weighted by Gasteiger charge is 2.31. The number of sulfonamides is 1. The van der Waals surface area contributed by atoms with Gasteiger partial charge in [0.15, 0.2) is 5.82 Å². The fourth-order valence-electron chi connectivity index (χ4n) is 1.92. The van der Waals surface area contributed by atoms with Gasteiger partial charge in [0, 0.05) is 13.1 Å². The molecule has 0 saturated heterocycles. The summed E-state index contributed by atoms with van der Waals surface area (Å²) in [7, 11) is -2.96. The van der Waals surface area contributed by atoms with E-state index in [1.165, 1.54) is 7.05 Å². The monoisotopic (exact) mass is 321 g/mol. The largest absolute Gasteiger partial charge is 0.477 e. The molecule has 0 spiro atoms. The Bertz CT molecular complexity index is 646. The predicted molar refractivity (Wildman–Crippen MR) is 72.6 cm³/mol. The SMILES string of the molecule is CCCC(C)N(C)S(=O)(=O)c1ccc(F)c(C(=O)O)c1F. The first-order valence-electron chi connectivity index (χ1n) is 6.33. The molecular weight excluding hydrogens is 304 g/mol. The fourth-order valence-corrected chi connectivity index (χ4v) is 3.38. The van der Waals surface area contributed by atoms with Crippen molar-refractivity contribution < 1.29 is 27.1 Å². The molecule has 0 saturated carbocycles. The number of rotatable bonds is 6. The Hall–Kier alpha value is -1.54. The molecule has 0 amide bonds. The molecule has 0 aliphatic carbocycles. The fraction of sp³-hybridized carbons (Fsp3) is 0.462. The smallest absolute Gasteiger partial charge is 0.341 e. The summed E-state index contributed by atoms with van der Waals surface area (Å²) in [6, 6.07) is 0.983. The third-order valence-corrected chi connectivity index (χ3v) is 5.24. The number of benzene rings is 1. The van der Waals surface area contributed by atoms with Gasteiger partial charge in [0.25, 0.3) is 0 Å². The molecule has 1 aromatic carbocycles. The van der Waals surface area contributed by atoms with E-state index in [4.69, 9.17) is 5.11 Å². The third kappa shape index (κ3) is 3.38. The van der Waals surface area contributed by atoms with Crippen molar-refractivity contribution in [2.24, 2.45) is 0 Å². The first kappa shape index (κ1) is 17.5. The van der Waals surface area contributed by atoms with Gasteiger partial charge in [-0.1, -0.05) is 13.3 Å². The second-order valence-corrected chi connectivity index (χ2v) is 6.66. The molecule has 1 rings (SSSR count). The molecule has 0 radical (unpaired) electrons. The number of hydrogen-bond donors (Lipinski definition) is 1. The van der Waals surface area contributed by atoms with E-state index in [9.17, 15) is 22.0 Å². The van der Waals surface area contributed by atoms with Crippen molar-refractivity contribution in [2.75, 3.05) is 7.05 Å². The lowest BCUT2D eigenvalue weighted by Gasteiger charge is -2.24. The number of carbonyl (C=O) groups is 1. The molecule has 1 N–H and O–H groups in total. The van der Waals surface area contributed by atoms with E-state index in [1.54, 1.807) is 6.92 Å². The Morgan fingerprint density at radius 3 is 2.43 bits per heavy atom. The Labute approximate surface area is 122 Å². The lowest BCUT2D eigenvalue weighted by atomic mass is 10.2. The Balaban J connectivity index is 3.40. The Morgan fingerprint density at radius 1 is 1.38 bits per heavy atom. The van der Waals surface area contributed by atoms with Crippen molar-refractivity contribution in [1.29, 1.82) is 0 Å². The van der Waals surface area contributed by atoms with Gasteiger partial charge in [0.05, 0.1) is 0 Å². The van der Waals surface area contributed by atoms with Gasteiger partial charge in [-0.05, 0) is 25.5 Å². The molecule has 0 fully saturated rings. The topological polar surface area (TPSA) is 74.7 Å². The summed E-state index contributed by atoms with van der Waals surface area (Å²) in [4.78, 5) is 10.00. The number of hydrogen-bond acceptors (Lipinski definition) is 3. The Kier molecular flexibility index (Phi) is 5.41. The van der Waals surface area contributed by atoms with Crippen molar-refractivity contribution in [2.45, 2.75) is 37.6 Å². The molecule has 0 aliphatic rings. The predicted octanol–water partition coefficient (Wildman–Crippen LogP) is 2.47. The number of halogens is 2. The Morgan fingerprint density at radius 2 is 1.95 bits per heavy atom. The minimum atomic E-state index is -4.24. The second kappa shape index (κ2) is 6.48.